The minimum absolute atomic E-state index is 0.206. The van der Waals surface area contributed by atoms with E-state index in [1.807, 2.05) is 37.3 Å². The van der Waals surface area contributed by atoms with Gasteiger partial charge in [0.2, 0.25) is 0 Å². The van der Waals surface area contributed by atoms with Gasteiger partial charge in [0, 0.05) is 38.1 Å². The van der Waals surface area contributed by atoms with Crippen LogP contribution < -0.4 is 10.1 Å². The van der Waals surface area contributed by atoms with Gasteiger partial charge in [-0.05, 0) is 36.8 Å². The zero-order valence-corrected chi connectivity index (χ0v) is 14.9. The predicted octanol–water partition coefficient (Wildman–Crippen LogP) is 3.61. The van der Waals surface area contributed by atoms with Crippen molar-refractivity contribution in [3.8, 4) is 5.75 Å². The van der Waals surface area contributed by atoms with Crippen molar-refractivity contribution in [1.82, 2.24) is 9.97 Å². The number of aromatic nitrogens is 2. The van der Waals surface area contributed by atoms with Gasteiger partial charge in [-0.3, -0.25) is 14.8 Å². The number of para-hydroxylation sites is 2. The van der Waals surface area contributed by atoms with E-state index in [1.54, 1.807) is 25.6 Å². The van der Waals surface area contributed by atoms with Crippen LogP contribution in [0.3, 0.4) is 0 Å². The zero-order valence-electron chi connectivity index (χ0n) is 14.9. The molecule has 0 unspecified atom stereocenters. The number of ether oxygens (including phenoxy) is 2. The van der Waals surface area contributed by atoms with Crippen LogP contribution in [0.25, 0.3) is 11.0 Å². The number of carbonyl (C=O) groups excluding carboxylic acids is 1. The Morgan fingerprint density at radius 2 is 1.81 bits per heavy atom. The number of hydrogen-bond donors (Lipinski definition) is 1. The molecule has 134 valence electrons. The number of hydrogen-bond acceptors (Lipinski definition) is 5. The van der Waals surface area contributed by atoms with Crippen molar-refractivity contribution in [3.05, 3.63) is 59.9 Å². The summed E-state index contributed by atoms with van der Waals surface area (Å²) in [6, 6.07) is 11.0. The number of benzene rings is 2. The number of amides is 1. The van der Waals surface area contributed by atoms with Gasteiger partial charge in [0.15, 0.2) is 0 Å². The Morgan fingerprint density at radius 1 is 1.08 bits per heavy atom. The van der Waals surface area contributed by atoms with E-state index in [1.165, 1.54) is 0 Å². The summed E-state index contributed by atoms with van der Waals surface area (Å²) in [4.78, 5) is 21.3. The van der Waals surface area contributed by atoms with Crippen molar-refractivity contribution in [2.75, 3.05) is 25.6 Å². The molecule has 0 bridgehead atoms. The van der Waals surface area contributed by atoms with Crippen molar-refractivity contribution in [2.45, 2.75) is 13.3 Å². The molecule has 0 aliphatic rings. The number of rotatable bonds is 7. The van der Waals surface area contributed by atoms with Crippen LogP contribution in [0, 0.1) is 6.92 Å². The molecule has 1 heterocycles. The Morgan fingerprint density at radius 3 is 2.58 bits per heavy atom. The molecule has 1 amide bonds. The highest BCUT2D eigenvalue weighted by atomic mass is 16.5. The first-order chi connectivity index (χ1) is 12.7. The Labute approximate surface area is 152 Å². The number of nitrogens with zero attached hydrogens (tertiary/aromatic N) is 2. The van der Waals surface area contributed by atoms with E-state index in [0.717, 1.165) is 17.5 Å². The molecule has 0 radical (unpaired) electrons. The molecular formula is C20H21N3O3. The standard InChI is InChI=1S/C20H21N3O3/c1-14-12-17-18(22-9-8-21-17)13-15(14)20(24)23-16-6-3-4-7-19(16)26-11-5-10-25-2/h3-4,6-9,12-13H,5,10-11H2,1-2H3,(H,23,24). The average Bonchev–Trinajstić information content (AvgIpc) is 2.66. The second-order valence-corrected chi connectivity index (χ2v) is 5.86. The fourth-order valence-electron chi connectivity index (χ4n) is 2.63. The van der Waals surface area contributed by atoms with E-state index in [-0.39, 0.29) is 5.91 Å². The van der Waals surface area contributed by atoms with Crippen LogP contribution in [0.2, 0.25) is 0 Å². The summed E-state index contributed by atoms with van der Waals surface area (Å²) in [5.41, 5.74) is 3.49. The lowest BCUT2D eigenvalue weighted by Crippen LogP contribution is -2.15. The molecule has 1 aromatic heterocycles. The van der Waals surface area contributed by atoms with Crippen LogP contribution in [0.15, 0.2) is 48.8 Å². The first kappa shape index (κ1) is 17.8. The number of carbonyl (C=O) groups is 1. The van der Waals surface area contributed by atoms with Gasteiger partial charge >= 0.3 is 0 Å². The molecule has 0 aliphatic heterocycles. The van der Waals surface area contributed by atoms with Crippen molar-refractivity contribution in [3.63, 3.8) is 0 Å². The Kier molecular flexibility index (Phi) is 5.76. The fraction of sp³-hybridized carbons (Fsp3) is 0.250. The number of aryl methyl sites for hydroxylation is 1. The molecule has 6 nitrogen and oxygen atoms in total. The summed E-state index contributed by atoms with van der Waals surface area (Å²) in [5.74, 6) is 0.429. The third-order valence-corrected chi connectivity index (χ3v) is 3.95. The van der Waals surface area contributed by atoms with Gasteiger partial charge in [-0.2, -0.15) is 0 Å². The summed E-state index contributed by atoms with van der Waals surface area (Å²) in [6.45, 7) is 3.04. The maximum absolute atomic E-state index is 12.8. The van der Waals surface area contributed by atoms with E-state index in [0.29, 0.717) is 35.7 Å². The van der Waals surface area contributed by atoms with Crippen molar-refractivity contribution in [2.24, 2.45) is 0 Å². The maximum Gasteiger partial charge on any atom is 0.256 e. The molecule has 0 saturated heterocycles. The summed E-state index contributed by atoms with van der Waals surface area (Å²) in [5, 5.41) is 2.93. The third kappa shape index (κ3) is 4.15. The lowest BCUT2D eigenvalue weighted by atomic mass is 10.1. The van der Waals surface area contributed by atoms with Crippen LogP contribution >= 0.6 is 0 Å². The second-order valence-electron chi connectivity index (χ2n) is 5.86. The monoisotopic (exact) mass is 351 g/mol. The molecule has 26 heavy (non-hydrogen) atoms. The number of anilines is 1. The van der Waals surface area contributed by atoms with Gasteiger partial charge in [0.05, 0.1) is 23.3 Å². The van der Waals surface area contributed by atoms with Gasteiger partial charge in [0.25, 0.3) is 5.91 Å². The van der Waals surface area contributed by atoms with Crippen LogP contribution in [0.1, 0.15) is 22.3 Å². The lowest BCUT2D eigenvalue weighted by molar-refractivity contribution is 0.102. The van der Waals surface area contributed by atoms with Gasteiger partial charge < -0.3 is 14.8 Å². The van der Waals surface area contributed by atoms with E-state index in [9.17, 15) is 4.79 Å². The smallest absolute Gasteiger partial charge is 0.256 e. The molecular weight excluding hydrogens is 330 g/mol. The number of methoxy groups -OCH3 is 1. The Balaban J connectivity index is 1.79. The molecule has 6 heteroatoms. The molecule has 0 aliphatic carbocycles. The van der Waals surface area contributed by atoms with Gasteiger partial charge in [-0.25, -0.2) is 0 Å². The van der Waals surface area contributed by atoms with Crippen molar-refractivity contribution in [1.29, 1.82) is 0 Å². The average molecular weight is 351 g/mol. The first-order valence-electron chi connectivity index (χ1n) is 8.42. The molecule has 3 rings (SSSR count). The minimum atomic E-state index is -0.206. The summed E-state index contributed by atoms with van der Waals surface area (Å²) >= 11 is 0. The highest BCUT2D eigenvalue weighted by Gasteiger charge is 2.14. The molecule has 0 saturated carbocycles. The quantitative estimate of drug-likeness (QED) is 0.658. The topological polar surface area (TPSA) is 73.3 Å². The summed E-state index contributed by atoms with van der Waals surface area (Å²) in [7, 11) is 1.66. The van der Waals surface area contributed by atoms with Gasteiger partial charge in [-0.15, -0.1) is 0 Å². The van der Waals surface area contributed by atoms with Crippen LogP contribution in [-0.2, 0) is 4.74 Å². The van der Waals surface area contributed by atoms with Gasteiger partial charge in [0.1, 0.15) is 5.75 Å². The Bertz CT molecular complexity index is 912. The predicted molar refractivity (Wildman–Crippen MR) is 101 cm³/mol. The van der Waals surface area contributed by atoms with Gasteiger partial charge in [-0.1, -0.05) is 12.1 Å². The highest BCUT2D eigenvalue weighted by molar-refractivity contribution is 6.07. The SMILES string of the molecule is COCCCOc1ccccc1NC(=O)c1cc2nccnc2cc1C. The minimum Gasteiger partial charge on any atom is -0.491 e. The van der Waals surface area contributed by atoms with E-state index >= 15 is 0 Å². The summed E-state index contributed by atoms with van der Waals surface area (Å²) in [6.07, 6.45) is 4.03. The summed E-state index contributed by atoms with van der Waals surface area (Å²) < 4.78 is 10.8. The van der Waals surface area contributed by atoms with Crippen LogP contribution in [0.5, 0.6) is 5.75 Å². The number of nitrogens with one attached hydrogen (secondary N) is 1. The molecule has 0 fully saturated rings. The molecule has 3 aromatic rings. The normalized spacial score (nSPS) is 10.7. The molecule has 0 atom stereocenters. The first-order valence-corrected chi connectivity index (χ1v) is 8.42. The lowest BCUT2D eigenvalue weighted by Gasteiger charge is -2.13. The van der Waals surface area contributed by atoms with Crippen molar-refractivity contribution >= 4 is 22.6 Å². The van der Waals surface area contributed by atoms with Crippen LogP contribution in [-0.4, -0.2) is 36.2 Å². The van der Waals surface area contributed by atoms with E-state index in [4.69, 9.17) is 9.47 Å². The van der Waals surface area contributed by atoms with E-state index in [2.05, 4.69) is 15.3 Å². The maximum atomic E-state index is 12.8. The highest BCUT2D eigenvalue weighted by Crippen LogP contribution is 2.25. The third-order valence-electron chi connectivity index (χ3n) is 3.95. The molecule has 1 N–H and O–H groups in total. The molecule has 2 aromatic carbocycles. The Hall–Kier alpha value is -2.99. The fourth-order valence-corrected chi connectivity index (χ4v) is 2.63. The number of fused-ring (bicyclic) bond motifs is 1. The second kappa shape index (κ2) is 8.40. The largest absolute Gasteiger partial charge is 0.491 e. The van der Waals surface area contributed by atoms with Crippen molar-refractivity contribution < 1.29 is 14.3 Å². The zero-order chi connectivity index (χ0) is 18.4. The van der Waals surface area contributed by atoms with Crippen LogP contribution in [0.4, 0.5) is 5.69 Å². The molecule has 0 spiro atoms. The van der Waals surface area contributed by atoms with E-state index < -0.39 is 0 Å².